The van der Waals surface area contributed by atoms with Gasteiger partial charge in [-0.3, -0.25) is 4.79 Å². The summed E-state index contributed by atoms with van der Waals surface area (Å²) in [5, 5.41) is 2.48. The molecule has 18 heavy (non-hydrogen) atoms. The number of esters is 1. The smallest absolute Gasteiger partial charge is 0.312 e. The highest BCUT2D eigenvalue weighted by Crippen LogP contribution is 2.60. The van der Waals surface area contributed by atoms with Crippen LogP contribution in [-0.4, -0.2) is 13.1 Å². The standard InChI is InChI=1S/C16H16O2/c1-16(15(17)18-2)10-14(16)13-9-5-7-11-6-3-4-8-12(11)13/h3-9,14H,10H2,1-2H3/t14-,16-/m0/s1. The molecule has 0 N–H and O–H groups in total. The first kappa shape index (κ1) is 11.3. The highest BCUT2D eigenvalue weighted by Gasteiger charge is 2.58. The summed E-state index contributed by atoms with van der Waals surface area (Å²) in [4.78, 5) is 11.8. The molecule has 0 bridgehead atoms. The molecule has 0 radical (unpaired) electrons. The number of hydrogen-bond acceptors (Lipinski definition) is 2. The Balaban J connectivity index is 2.05. The van der Waals surface area contributed by atoms with Crippen LogP contribution in [0.4, 0.5) is 0 Å². The molecule has 2 aromatic carbocycles. The van der Waals surface area contributed by atoms with Gasteiger partial charge >= 0.3 is 5.97 Å². The molecule has 3 rings (SSSR count). The van der Waals surface area contributed by atoms with Crippen molar-refractivity contribution in [2.45, 2.75) is 19.3 Å². The minimum Gasteiger partial charge on any atom is -0.469 e. The lowest BCUT2D eigenvalue weighted by Crippen LogP contribution is -2.15. The van der Waals surface area contributed by atoms with E-state index in [0.717, 1.165) is 6.42 Å². The van der Waals surface area contributed by atoms with Crippen LogP contribution >= 0.6 is 0 Å². The Bertz CT molecular complexity index is 612. The predicted octanol–water partition coefficient (Wildman–Crippen LogP) is 3.51. The molecule has 0 aromatic heterocycles. The Kier molecular flexibility index (Phi) is 2.40. The van der Waals surface area contributed by atoms with Gasteiger partial charge in [-0.25, -0.2) is 0 Å². The van der Waals surface area contributed by atoms with Gasteiger partial charge in [0.15, 0.2) is 0 Å². The maximum Gasteiger partial charge on any atom is 0.312 e. The molecule has 1 fully saturated rings. The lowest BCUT2D eigenvalue weighted by molar-refractivity contribution is -0.146. The van der Waals surface area contributed by atoms with Gasteiger partial charge < -0.3 is 4.74 Å². The minimum absolute atomic E-state index is 0.0968. The molecule has 2 nitrogen and oxygen atoms in total. The molecule has 1 aliphatic carbocycles. The quantitative estimate of drug-likeness (QED) is 0.751. The van der Waals surface area contributed by atoms with Gasteiger partial charge in [-0.2, -0.15) is 0 Å². The van der Waals surface area contributed by atoms with Crippen LogP contribution in [0.25, 0.3) is 10.8 Å². The van der Waals surface area contributed by atoms with Crippen molar-refractivity contribution < 1.29 is 9.53 Å². The van der Waals surface area contributed by atoms with Crippen molar-refractivity contribution in [2.24, 2.45) is 5.41 Å². The van der Waals surface area contributed by atoms with Crippen molar-refractivity contribution in [2.75, 3.05) is 7.11 Å². The van der Waals surface area contributed by atoms with Gasteiger partial charge in [0.05, 0.1) is 12.5 Å². The van der Waals surface area contributed by atoms with Crippen molar-refractivity contribution in [3.63, 3.8) is 0 Å². The molecule has 0 heterocycles. The monoisotopic (exact) mass is 240 g/mol. The Morgan fingerprint density at radius 3 is 2.72 bits per heavy atom. The fraction of sp³-hybridized carbons (Fsp3) is 0.312. The maximum atomic E-state index is 11.8. The summed E-state index contributed by atoms with van der Waals surface area (Å²) in [6.07, 6.45) is 0.883. The van der Waals surface area contributed by atoms with Gasteiger partial charge in [-0.05, 0) is 29.7 Å². The predicted molar refractivity (Wildman–Crippen MR) is 71.4 cm³/mol. The first-order valence-corrected chi connectivity index (χ1v) is 6.23. The van der Waals surface area contributed by atoms with Gasteiger partial charge in [-0.15, -0.1) is 0 Å². The molecule has 92 valence electrons. The molecular weight excluding hydrogens is 224 g/mol. The van der Waals surface area contributed by atoms with Crippen LogP contribution in [0, 0.1) is 5.41 Å². The minimum atomic E-state index is -0.334. The van der Waals surface area contributed by atoms with Crippen LogP contribution in [0.1, 0.15) is 24.8 Å². The maximum absolute atomic E-state index is 11.8. The van der Waals surface area contributed by atoms with E-state index in [1.54, 1.807) is 0 Å². The Hall–Kier alpha value is -1.83. The lowest BCUT2D eigenvalue weighted by atomic mass is 9.96. The normalized spacial score (nSPS) is 26.0. The van der Waals surface area contributed by atoms with E-state index < -0.39 is 0 Å². The SMILES string of the molecule is COC(=O)[C@@]1(C)C[C@H]1c1cccc2ccccc12. The number of methoxy groups -OCH3 is 1. The molecule has 0 spiro atoms. The van der Waals surface area contributed by atoms with E-state index in [4.69, 9.17) is 4.74 Å². The van der Waals surface area contributed by atoms with Gasteiger partial charge in [0.2, 0.25) is 0 Å². The molecule has 0 amide bonds. The van der Waals surface area contributed by atoms with Crippen molar-refractivity contribution in [3.8, 4) is 0 Å². The van der Waals surface area contributed by atoms with E-state index >= 15 is 0 Å². The third kappa shape index (κ3) is 1.52. The Morgan fingerprint density at radius 2 is 1.94 bits per heavy atom. The number of fused-ring (bicyclic) bond motifs is 1. The van der Waals surface area contributed by atoms with Crippen LogP contribution in [0.3, 0.4) is 0 Å². The summed E-state index contributed by atoms with van der Waals surface area (Å²) < 4.78 is 4.90. The summed E-state index contributed by atoms with van der Waals surface area (Å²) in [6.45, 7) is 1.99. The fourth-order valence-electron chi connectivity index (χ4n) is 2.83. The zero-order chi connectivity index (χ0) is 12.8. The molecule has 1 saturated carbocycles. The highest BCUT2D eigenvalue weighted by atomic mass is 16.5. The Morgan fingerprint density at radius 1 is 1.22 bits per heavy atom. The lowest BCUT2D eigenvalue weighted by Gasteiger charge is -2.10. The first-order chi connectivity index (χ1) is 8.66. The number of benzene rings is 2. The topological polar surface area (TPSA) is 26.3 Å². The summed E-state index contributed by atoms with van der Waals surface area (Å²) in [7, 11) is 1.46. The molecule has 0 aliphatic heterocycles. The number of hydrogen-bond donors (Lipinski definition) is 0. The van der Waals surface area contributed by atoms with Crippen LogP contribution in [0.5, 0.6) is 0 Å². The number of ether oxygens (including phenoxy) is 1. The summed E-state index contributed by atoms with van der Waals surface area (Å²) >= 11 is 0. The van der Waals surface area contributed by atoms with Crippen molar-refractivity contribution in [3.05, 3.63) is 48.0 Å². The van der Waals surface area contributed by atoms with E-state index in [1.165, 1.54) is 23.4 Å². The highest BCUT2D eigenvalue weighted by molar-refractivity contribution is 5.89. The second kappa shape index (κ2) is 3.84. The van der Waals surface area contributed by atoms with E-state index in [2.05, 4.69) is 30.3 Å². The van der Waals surface area contributed by atoms with Crippen LogP contribution in [-0.2, 0) is 9.53 Å². The van der Waals surface area contributed by atoms with Crippen molar-refractivity contribution in [1.29, 1.82) is 0 Å². The number of carbonyl (C=O) groups is 1. The Labute approximate surface area is 107 Å². The second-order valence-corrected chi connectivity index (χ2v) is 5.23. The van der Waals surface area contributed by atoms with E-state index in [9.17, 15) is 4.79 Å². The van der Waals surface area contributed by atoms with Crippen molar-refractivity contribution >= 4 is 16.7 Å². The zero-order valence-corrected chi connectivity index (χ0v) is 10.6. The average molecular weight is 240 g/mol. The number of carbonyl (C=O) groups excluding carboxylic acids is 1. The van der Waals surface area contributed by atoms with Crippen LogP contribution < -0.4 is 0 Å². The first-order valence-electron chi connectivity index (χ1n) is 6.23. The van der Waals surface area contributed by atoms with E-state index in [0.29, 0.717) is 0 Å². The van der Waals surface area contributed by atoms with Gasteiger partial charge in [0.25, 0.3) is 0 Å². The summed E-state index contributed by atoms with van der Waals surface area (Å²) in [5.74, 6) is 0.191. The second-order valence-electron chi connectivity index (χ2n) is 5.23. The molecular formula is C16H16O2. The van der Waals surface area contributed by atoms with E-state index in [-0.39, 0.29) is 17.3 Å². The van der Waals surface area contributed by atoms with Crippen LogP contribution in [0.15, 0.2) is 42.5 Å². The third-order valence-electron chi connectivity index (χ3n) is 4.09. The third-order valence-corrected chi connectivity index (χ3v) is 4.09. The van der Waals surface area contributed by atoms with Gasteiger partial charge in [0.1, 0.15) is 0 Å². The van der Waals surface area contributed by atoms with Gasteiger partial charge in [0, 0.05) is 5.92 Å². The molecule has 2 heteroatoms. The van der Waals surface area contributed by atoms with Crippen LogP contribution in [0.2, 0.25) is 0 Å². The number of rotatable bonds is 2. The summed E-state index contributed by atoms with van der Waals surface area (Å²) in [5.41, 5.74) is 0.930. The van der Waals surface area contributed by atoms with Crippen molar-refractivity contribution in [1.82, 2.24) is 0 Å². The average Bonchev–Trinajstić information content (AvgIpc) is 3.10. The fourth-order valence-corrected chi connectivity index (χ4v) is 2.83. The zero-order valence-electron chi connectivity index (χ0n) is 10.6. The molecule has 2 aromatic rings. The molecule has 0 saturated heterocycles. The largest absolute Gasteiger partial charge is 0.469 e. The molecule has 0 unspecified atom stereocenters. The molecule has 1 aliphatic rings. The van der Waals surface area contributed by atoms with E-state index in [1.807, 2.05) is 19.1 Å². The van der Waals surface area contributed by atoms with Gasteiger partial charge in [-0.1, -0.05) is 42.5 Å². The molecule has 2 atom stereocenters. The summed E-state index contributed by atoms with van der Waals surface area (Å²) in [6, 6.07) is 14.6.